The molecule has 0 aliphatic carbocycles. The predicted octanol–water partition coefficient (Wildman–Crippen LogP) is 2.79. The summed E-state index contributed by atoms with van der Waals surface area (Å²) in [5, 5.41) is 4.31. The molecular formula is C15H23ClN2O. The summed E-state index contributed by atoms with van der Waals surface area (Å²) >= 11 is 5.83. The van der Waals surface area contributed by atoms with E-state index in [-0.39, 0.29) is 0 Å². The molecular weight excluding hydrogens is 260 g/mol. The summed E-state index contributed by atoms with van der Waals surface area (Å²) in [5.74, 6) is 0.883. The first-order valence-corrected chi connectivity index (χ1v) is 7.42. The zero-order valence-corrected chi connectivity index (χ0v) is 12.3. The minimum absolute atomic E-state index is 0.647. The molecule has 1 heterocycles. The first kappa shape index (κ1) is 14.6. The molecule has 0 saturated carbocycles. The number of hydrogen-bond donors (Lipinski definition) is 1. The number of benzene rings is 1. The molecule has 1 atom stereocenters. The van der Waals surface area contributed by atoms with Crippen LogP contribution in [0.2, 0.25) is 5.02 Å². The molecule has 1 fully saturated rings. The minimum Gasteiger partial charge on any atom is -0.492 e. The van der Waals surface area contributed by atoms with Crippen LogP contribution in [0.4, 0.5) is 0 Å². The molecule has 1 aliphatic heterocycles. The molecule has 1 aromatic carbocycles. The predicted molar refractivity (Wildman–Crippen MR) is 80.1 cm³/mol. The average Bonchev–Trinajstić information content (AvgIpc) is 2.42. The minimum atomic E-state index is 0.647. The zero-order chi connectivity index (χ0) is 13.5. The molecule has 1 N–H and O–H groups in total. The van der Waals surface area contributed by atoms with E-state index in [1.807, 2.05) is 24.3 Å². The summed E-state index contributed by atoms with van der Waals surface area (Å²) < 4.78 is 5.70. The van der Waals surface area contributed by atoms with Crippen molar-refractivity contribution in [2.24, 2.45) is 0 Å². The van der Waals surface area contributed by atoms with Gasteiger partial charge in [-0.1, -0.05) is 18.0 Å². The molecule has 1 unspecified atom stereocenters. The Morgan fingerprint density at radius 3 is 2.79 bits per heavy atom. The number of likely N-dealkylation sites (N-methyl/N-ethyl adjacent to an activating group) is 1. The van der Waals surface area contributed by atoms with Gasteiger partial charge in [-0.3, -0.25) is 0 Å². The Morgan fingerprint density at radius 1 is 1.32 bits per heavy atom. The third-order valence-corrected chi connectivity index (χ3v) is 3.75. The molecule has 2 rings (SSSR count). The second kappa shape index (κ2) is 7.73. The average molecular weight is 283 g/mol. The van der Waals surface area contributed by atoms with Gasteiger partial charge in [-0.15, -0.1) is 0 Å². The van der Waals surface area contributed by atoms with Gasteiger partial charge in [-0.25, -0.2) is 0 Å². The van der Waals surface area contributed by atoms with Gasteiger partial charge in [-0.2, -0.15) is 0 Å². The van der Waals surface area contributed by atoms with Crippen molar-refractivity contribution in [3.63, 3.8) is 0 Å². The van der Waals surface area contributed by atoms with Crippen molar-refractivity contribution in [3.8, 4) is 5.75 Å². The van der Waals surface area contributed by atoms with E-state index in [0.717, 1.165) is 23.9 Å². The lowest BCUT2D eigenvalue weighted by Crippen LogP contribution is -2.43. The van der Waals surface area contributed by atoms with Gasteiger partial charge in [0.25, 0.3) is 0 Å². The first-order valence-electron chi connectivity index (χ1n) is 7.04. The summed E-state index contributed by atoms with van der Waals surface area (Å²) in [5.41, 5.74) is 0. The van der Waals surface area contributed by atoms with Crippen molar-refractivity contribution in [2.75, 3.05) is 33.3 Å². The van der Waals surface area contributed by atoms with Crippen LogP contribution in [0.3, 0.4) is 0 Å². The lowest BCUT2D eigenvalue weighted by molar-refractivity contribution is 0.211. The van der Waals surface area contributed by atoms with Crippen molar-refractivity contribution < 1.29 is 4.74 Å². The fraction of sp³-hybridized carbons (Fsp3) is 0.600. The van der Waals surface area contributed by atoms with Crippen LogP contribution < -0.4 is 10.1 Å². The Morgan fingerprint density at radius 2 is 2.11 bits per heavy atom. The van der Waals surface area contributed by atoms with Crippen LogP contribution in [0.15, 0.2) is 24.3 Å². The third kappa shape index (κ3) is 5.39. The Kier molecular flexibility index (Phi) is 5.95. The molecule has 0 spiro atoms. The highest BCUT2D eigenvalue weighted by Crippen LogP contribution is 2.15. The Hall–Kier alpha value is -0.770. The van der Waals surface area contributed by atoms with E-state index in [4.69, 9.17) is 16.3 Å². The normalized spacial score (nSPS) is 19.6. The first-order chi connectivity index (χ1) is 9.24. The van der Waals surface area contributed by atoms with Crippen molar-refractivity contribution in [1.82, 2.24) is 10.2 Å². The molecule has 4 heteroatoms. The molecule has 1 saturated heterocycles. The van der Waals surface area contributed by atoms with Crippen LogP contribution in [0, 0.1) is 0 Å². The maximum Gasteiger partial charge on any atom is 0.119 e. The molecule has 19 heavy (non-hydrogen) atoms. The van der Waals surface area contributed by atoms with E-state index in [2.05, 4.69) is 17.3 Å². The molecule has 1 aliphatic rings. The number of nitrogens with one attached hydrogen (secondary N) is 1. The summed E-state index contributed by atoms with van der Waals surface area (Å²) in [6, 6.07) is 8.17. The number of hydrogen-bond acceptors (Lipinski definition) is 3. The van der Waals surface area contributed by atoms with Crippen LogP contribution in [0.1, 0.15) is 19.3 Å². The second-order valence-corrected chi connectivity index (χ2v) is 5.65. The lowest BCUT2D eigenvalue weighted by atomic mass is 10.0. The standard InChI is InChI=1S/C15H23ClN2O/c1-18(12-14-4-2-3-9-17-14)10-11-19-15-7-5-13(16)6-8-15/h5-8,14,17H,2-4,9-12H2,1H3. The van der Waals surface area contributed by atoms with Gasteiger partial charge >= 0.3 is 0 Å². The van der Waals surface area contributed by atoms with Crippen molar-refractivity contribution in [1.29, 1.82) is 0 Å². The van der Waals surface area contributed by atoms with Crippen LogP contribution in [-0.4, -0.2) is 44.2 Å². The molecule has 106 valence electrons. The summed E-state index contributed by atoms with van der Waals surface area (Å²) in [6.45, 7) is 3.93. The lowest BCUT2D eigenvalue weighted by Gasteiger charge is -2.28. The summed E-state index contributed by atoms with van der Waals surface area (Å²) in [6.07, 6.45) is 3.97. The van der Waals surface area contributed by atoms with E-state index in [0.29, 0.717) is 12.6 Å². The highest BCUT2D eigenvalue weighted by Gasteiger charge is 2.14. The van der Waals surface area contributed by atoms with Gasteiger partial charge in [0.1, 0.15) is 12.4 Å². The highest BCUT2D eigenvalue weighted by molar-refractivity contribution is 6.30. The summed E-state index contributed by atoms with van der Waals surface area (Å²) in [7, 11) is 2.15. The van der Waals surface area contributed by atoms with Crippen molar-refractivity contribution in [2.45, 2.75) is 25.3 Å². The molecule has 0 bridgehead atoms. The van der Waals surface area contributed by atoms with Crippen molar-refractivity contribution in [3.05, 3.63) is 29.3 Å². The van der Waals surface area contributed by atoms with E-state index in [1.165, 1.54) is 25.8 Å². The fourth-order valence-corrected chi connectivity index (χ4v) is 2.52. The van der Waals surface area contributed by atoms with Crippen molar-refractivity contribution >= 4 is 11.6 Å². The highest BCUT2D eigenvalue weighted by atomic mass is 35.5. The zero-order valence-electron chi connectivity index (χ0n) is 11.6. The van der Waals surface area contributed by atoms with E-state index in [1.54, 1.807) is 0 Å². The van der Waals surface area contributed by atoms with Gasteiger partial charge < -0.3 is 15.0 Å². The Balaban J connectivity index is 1.63. The van der Waals surface area contributed by atoms with Crippen LogP contribution in [-0.2, 0) is 0 Å². The number of nitrogens with zero attached hydrogens (tertiary/aromatic N) is 1. The second-order valence-electron chi connectivity index (χ2n) is 5.21. The Bertz CT molecular complexity index is 363. The van der Waals surface area contributed by atoms with Gasteiger partial charge in [-0.05, 0) is 50.7 Å². The maximum atomic E-state index is 5.83. The molecule has 0 amide bonds. The van der Waals surface area contributed by atoms with E-state index < -0.39 is 0 Å². The van der Waals surface area contributed by atoms with Gasteiger partial charge in [0.2, 0.25) is 0 Å². The molecule has 0 aromatic heterocycles. The summed E-state index contributed by atoms with van der Waals surface area (Å²) in [4.78, 5) is 2.33. The Labute approximate surface area is 120 Å². The fourth-order valence-electron chi connectivity index (χ4n) is 2.40. The number of piperidine rings is 1. The molecule has 1 aromatic rings. The van der Waals surface area contributed by atoms with Gasteiger partial charge in [0.15, 0.2) is 0 Å². The number of rotatable bonds is 6. The topological polar surface area (TPSA) is 24.5 Å². The van der Waals surface area contributed by atoms with E-state index >= 15 is 0 Å². The SMILES string of the molecule is CN(CCOc1ccc(Cl)cc1)CC1CCCCN1. The third-order valence-electron chi connectivity index (χ3n) is 3.50. The monoisotopic (exact) mass is 282 g/mol. The van der Waals surface area contributed by atoms with Gasteiger partial charge in [0.05, 0.1) is 0 Å². The van der Waals surface area contributed by atoms with E-state index in [9.17, 15) is 0 Å². The number of halogens is 1. The van der Waals surface area contributed by atoms with Crippen LogP contribution in [0.5, 0.6) is 5.75 Å². The maximum absolute atomic E-state index is 5.83. The molecule has 3 nitrogen and oxygen atoms in total. The smallest absolute Gasteiger partial charge is 0.119 e. The van der Waals surface area contributed by atoms with Crippen LogP contribution in [0.25, 0.3) is 0 Å². The number of ether oxygens (including phenoxy) is 1. The van der Waals surface area contributed by atoms with Gasteiger partial charge in [0, 0.05) is 24.2 Å². The largest absolute Gasteiger partial charge is 0.492 e. The quantitative estimate of drug-likeness (QED) is 0.868. The van der Waals surface area contributed by atoms with Crippen LogP contribution >= 0.6 is 11.6 Å². The molecule has 0 radical (unpaired) electrons.